The molecule has 0 unspecified atom stereocenters. The Morgan fingerprint density at radius 1 is 1.28 bits per heavy atom. The van der Waals surface area contributed by atoms with Crippen LogP contribution in [-0.2, 0) is 16.6 Å². The number of likely N-dealkylation sites (tertiary alicyclic amines) is 1. The van der Waals surface area contributed by atoms with Crippen LogP contribution in [0, 0.1) is 0 Å². The predicted octanol–water partition coefficient (Wildman–Crippen LogP) is 1.26. The minimum Gasteiger partial charge on any atom is -0.497 e. The number of methoxy groups -OCH3 is 1. The number of rotatable bonds is 6. The van der Waals surface area contributed by atoms with E-state index in [4.69, 9.17) is 9.26 Å². The van der Waals surface area contributed by atoms with Gasteiger partial charge in [-0.3, -0.25) is 4.90 Å². The Bertz CT molecular complexity index is 796. The van der Waals surface area contributed by atoms with Crippen LogP contribution in [-0.4, -0.2) is 56.0 Å². The highest BCUT2D eigenvalue weighted by Crippen LogP contribution is 2.20. The Kier molecular flexibility index (Phi) is 5.36. The number of piperidine rings is 1. The first-order valence-corrected chi connectivity index (χ1v) is 9.99. The zero-order valence-corrected chi connectivity index (χ0v) is 15.1. The topological polar surface area (TPSA) is 97.6 Å². The Balaban J connectivity index is 1.55. The van der Waals surface area contributed by atoms with Gasteiger partial charge in [0.05, 0.1) is 19.9 Å². The maximum atomic E-state index is 11.3. The Morgan fingerprint density at radius 2 is 1.96 bits per heavy atom. The molecule has 1 fully saturated rings. The molecule has 0 spiro atoms. The van der Waals surface area contributed by atoms with E-state index in [9.17, 15) is 8.42 Å². The molecular formula is C16H22N4O4S. The fourth-order valence-corrected chi connectivity index (χ4v) is 3.72. The summed E-state index contributed by atoms with van der Waals surface area (Å²) >= 11 is 0. The van der Waals surface area contributed by atoms with Gasteiger partial charge >= 0.3 is 0 Å². The second-order valence-corrected chi connectivity index (χ2v) is 7.96. The van der Waals surface area contributed by atoms with Gasteiger partial charge in [0.2, 0.25) is 21.7 Å². The third-order valence-corrected chi connectivity index (χ3v) is 4.90. The van der Waals surface area contributed by atoms with E-state index >= 15 is 0 Å². The lowest BCUT2D eigenvalue weighted by Crippen LogP contribution is -2.43. The summed E-state index contributed by atoms with van der Waals surface area (Å²) in [5, 5.41) is 4.03. The van der Waals surface area contributed by atoms with Crippen LogP contribution in [0.2, 0.25) is 0 Å². The van der Waals surface area contributed by atoms with Gasteiger partial charge in [-0.2, -0.15) is 4.98 Å². The van der Waals surface area contributed by atoms with Crippen molar-refractivity contribution >= 4 is 10.0 Å². The van der Waals surface area contributed by atoms with Crippen LogP contribution >= 0.6 is 0 Å². The first-order chi connectivity index (χ1) is 11.9. The zero-order chi connectivity index (χ0) is 17.9. The monoisotopic (exact) mass is 366 g/mol. The van der Waals surface area contributed by atoms with E-state index in [0.717, 1.165) is 37.2 Å². The van der Waals surface area contributed by atoms with Gasteiger partial charge in [0, 0.05) is 24.7 Å². The van der Waals surface area contributed by atoms with Crippen molar-refractivity contribution in [1.29, 1.82) is 0 Å². The van der Waals surface area contributed by atoms with Crippen molar-refractivity contribution in [2.24, 2.45) is 0 Å². The Hall–Kier alpha value is -1.97. The standard InChI is InChI=1S/C16H22N4O4S/c1-23-14-5-3-12(4-6-14)16-17-15(24-18-16)11-20-9-7-13(8-10-20)19-25(2,21)22/h3-6,13,19H,7-11H2,1-2H3. The third-order valence-electron chi connectivity index (χ3n) is 4.14. The summed E-state index contributed by atoms with van der Waals surface area (Å²) in [7, 11) is -1.53. The van der Waals surface area contributed by atoms with Crippen LogP contribution in [0.25, 0.3) is 11.4 Å². The molecule has 1 aromatic carbocycles. The molecule has 0 bridgehead atoms. The second-order valence-electron chi connectivity index (χ2n) is 6.18. The number of sulfonamides is 1. The molecule has 136 valence electrons. The SMILES string of the molecule is COc1ccc(-c2noc(CN3CCC(NS(C)(=O)=O)CC3)n2)cc1. The number of benzene rings is 1. The highest BCUT2D eigenvalue weighted by molar-refractivity contribution is 7.88. The van der Waals surface area contributed by atoms with Crippen LogP contribution in [0.5, 0.6) is 5.75 Å². The van der Waals surface area contributed by atoms with Crippen molar-refractivity contribution in [2.45, 2.75) is 25.4 Å². The van der Waals surface area contributed by atoms with Gasteiger partial charge in [0.15, 0.2) is 0 Å². The maximum Gasteiger partial charge on any atom is 0.241 e. The van der Waals surface area contributed by atoms with Crippen molar-refractivity contribution in [3.63, 3.8) is 0 Å². The van der Waals surface area contributed by atoms with E-state index in [1.807, 2.05) is 24.3 Å². The van der Waals surface area contributed by atoms with Crippen molar-refractivity contribution in [3.05, 3.63) is 30.2 Å². The average Bonchev–Trinajstić information content (AvgIpc) is 3.04. The molecule has 1 N–H and O–H groups in total. The highest BCUT2D eigenvalue weighted by Gasteiger charge is 2.23. The number of hydrogen-bond donors (Lipinski definition) is 1. The number of nitrogens with zero attached hydrogens (tertiary/aromatic N) is 3. The minimum atomic E-state index is -3.15. The molecule has 1 aliphatic rings. The molecule has 0 radical (unpaired) electrons. The van der Waals surface area contributed by atoms with Crippen molar-refractivity contribution in [2.75, 3.05) is 26.5 Å². The van der Waals surface area contributed by atoms with E-state index in [1.165, 1.54) is 6.26 Å². The van der Waals surface area contributed by atoms with E-state index in [2.05, 4.69) is 19.8 Å². The number of nitrogens with one attached hydrogen (secondary N) is 1. The predicted molar refractivity (Wildman–Crippen MR) is 92.6 cm³/mol. The average molecular weight is 366 g/mol. The molecule has 1 saturated heterocycles. The summed E-state index contributed by atoms with van der Waals surface area (Å²) in [4.78, 5) is 6.62. The first kappa shape index (κ1) is 17.8. The van der Waals surface area contributed by atoms with Crippen molar-refractivity contribution in [3.8, 4) is 17.1 Å². The molecule has 9 heteroatoms. The van der Waals surface area contributed by atoms with Gasteiger partial charge in [0.25, 0.3) is 0 Å². The molecule has 0 saturated carbocycles. The largest absolute Gasteiger partial charge is 0.497 e. The molecule has 25 heavy (non-hydrogen) atoms. The number of ether oxygens (including phenoxy) is 1. The van der Waals surface area contributed by atoms with E-state index in [0.29, 0.717) is 18.3 Å². The molecule has 1 aliphatic heterocycles. The van der Waals surface area contributed by atoms with Crippen molar-refractivity contribution in [1.82, 2.24) is 19.8 Å². The van der Waals surface area contributed by atoms with Gasteiger partial charge in [-0.1, -0.05) is 5.16 Å². The van der Waals surface area contributed by atoms with E-state index < -0.39 is 10.0 Å². The van der Waals surface area contributed by atoms with Gasteiger partial charge in [-0.15, -0.1) is 0 Å². The van der Waals surface area contributed by atoms with E-state index in [-0.39, 0.29) is 6.04 Å². The molecular weight excluding hydrogens is 344 g/mol. The second kappa shape index (κ2) is 7.51. The summed E-state index contributed by atoms with van der Waals surface area (Å²) in [6.07, 6.45) is 2.73. The van der Waals surface area contributed by atoms with Crippen LogP contribution in [0.15, 0.2) is 28.8 Å². The molecule has 2 heterocycles. The number of aromatic nitrogens is 2. The smallest absolute Gasteiger partial charge is 0.241 e. The molecule has 8 nitrogen and oxygen atoms in total. The number of hydrogen-bond acceptors (Lipinski definition) is 7. The van der Waals surface area contributed by atoms with Crippen LogP contribution in [0.3, 0.4) is 0 Å². The van der Waals surface area contributed by atoms with Gasteiger partial charge in [-0.25, -0.2) is 13.1 Å². The van der Waals surface area contributed by atoms with Gasteiger partial charge in [0.1, 0.15) is 5.75 Å². The highest BCUT2D eigenvalue weighted by atomic mass is 32.2. The van der Waals surface area contributed by atoms with Crippen LogP contribution < -0.4 is 9.46 Å². The Labute approximate surface area is 147 Å². The van der Waals surface area contributed by atoms with Crippen molar-refractivity contribution < 1.29 is 17.7 Å². The third kappa shape index (κ3) is 5.00. The van der Waals surface area contributed by atoms with Crippen LogP contribution in [0.1, 0.15) is 18.7 Å². The maximum absolute atomic E-state index is 11.3. The molecule has 2 aromatic rings. The first-order valence-electron chi connectivity index (χ1n) is 8.09. The lowest BCUT2D eigenvalue weighted by molar-refractivity contribution is 0.177. The molecule has 0 aliphatic carbocycles. The summed E-state index contributed by atoms with van der Waals surface area (Å²) in [6.45, 7) is 2.13. The summed E-state index contributed by atoms with van der Waals surface area (Å²) in [6, 6.07) is 7.48. The molecule has 1 aromatic heterocycles. The zero-order valence-electron chi connectivity index (χ0n) is 14.3. The quantitative estimate of drug-likeness (QED) is 0.822. The molecule has 3 rings (SSSR count). The van der Waals surface area contributed by atoms with Crippen LogP contribution in [0.4, 0.5) is 0 Å². The fourth-order valence-electron chi connectivity index (χ4n) is 2.88. The Morgan fingerprint density at radius 3 is 2.56 bits per heavy atom. The lowest BCUT2D eigenvalue weighted by atomic mass is 10.1. The summed E-state index contributed by atoms with van der Waals surface area (Å²) < 4.78 is 35.7. The van der Waals surface area contributed by atoms with Gasteiger partial charge < -0.3 is 9.26 Å². The summed E-state index contributed by atoms with van der Waals surface area (Å²) in [5.41, 5.74) is 0.867. The van der Waals surface area contributed by atoms with E-state index in [1.54, 1.807) is 7.11 Å². The van der Waals surface area contributed by atoms with Gasteiger partial charge in [-0.05, 0) is 37.1 Å². The normalized spacial score (nSPS) is 16.9. The lowest BCUT2D eigenvalue weighted by Gasteiger charge is -2.30. The molecule has 0 atom stereocenters. The molecule has 0 amide bonds. The minimum absolute atomic E-state index is 0.00351. The summed E-state index contributed by atoms with van der Waals surface area (Å²) in [5.74, 6) is 1.88. The fraction of sp³-hybridized carbons (Fsp3) is 0.500.